The monoisotopic (exact) mass is 464 g/mol. The van der Waals surface area contributed by atoms with Crippen LogP contribution >= 0.6 is 23.2 Å². The molecule has 0 unspecified atom stereocenters. The molecule has 0 aliphatic carbocycles. The van der Waals surface area contributed by atoms with Gasteiger partial charge in [-0.25, -0.2) is 0 Å². The number of carbonyl (C=O) groups excluding carboxylic acids is 2. The predicted molar refractivity (Wildman–Crippen MR) is 126 cm³/mol. The molecule has 0 saturated carbocycles. The number of rotatable bonds is 10. The number of ether oxygens (including phenoxy) is 1. The van der Waals surface area contributed by atoms with E-state index in [1.807, 2.05) is 45.0 Å². The van der Waals surface area contributed by atoms with Gasteiger partial charge in [-0.1, -0.05) is 62.2 Å². The summed E-state index contributed by atoms with van der Waals surface area (Å²) in [4.78, 5) is 27.9. The van der Waals surface area contributed by atoms with Crippen molar-refractivity contribution < 1.29 is 14.3 Å². The molecule has 0 saturated heterocycles. The van der Waals surface area contributed by atoms with E-state index in [1.54, 1.807) is 30.2 Å². The van der Waals surface area contributed by atoms with Gasteiger partial charge < -0.3 is 15.0 Å². The van der Waals surface area contributed by atoms with Crippen molar-refractivity contribution in [2.24, 2.45) is 5.92 Å². The molecule has 31 heavy (non-hydrogen) atoms. The van der Waals surface area contributed by atoms with Crippen LogP contribution in [0.15, 0.2) is 42.5 Å². The summed E-state index contributed by atoms with van der Waals surface area (Å²) in [6.07, 6.45) is 0.621. The quantitative estimate of drug-likeness (QED) is 0.530. The minimum atomic E-state index is -0.583. The lowest BCUT2D eigenvalue weighted by atomic mass is 10.1. The predicted octanol–water partition coefficient (Wildman–Crippen LogP) is 5.12. The zero-order chi connectivity index (χ0) is 23.0. The Hall–Kier alpha value is -2.24. The van der Waals surface area contributed by atoms with Gasteiger partial charge in [-0.3, -0.25) is 9.59 Å². The third kappa shape index (κ3) is 7.44. The first-order valence-corrected chi connectivity index (χ1v) is 11.1. The highest BCUT2D eigenvalue weighted by Gasteiger charge is 2.28. The molecule has 0 fully saturated rings. The summed E-state index contributed by atoms with van der Waals surface area (Å²) < 4.78 is 5.31. The second-order valence-electron chi connectivity index (χ2n) is 7.86. The molecule has 0 spiro atoms. The SMILES string of the molecule is CC[C@H](C(=O)NCC(C)C)N(Cc1cccc(OC)c1)C(=O)Cc1ccc(Cl)c(Cl)c1. The number of benzene rings is 2. The Balaban J connectivity index is 2.30. The molecule has 0 aliphatic heterocycles. The first-order chi connectivity index (χ1) is 14.7. The molecule has 1 atom stereocenters. The van der Waals surface area contributed by atoms with Gasteiger partial charge in [0.2, 0.25) is 11.8 Å². The molecule has 2 aromatic carbocycles. The third-order valence-corrected chi connectivity index (χ3v) is 5.64. The average molecular weight is 465 g/mol. The van der Waals surface area contributed by atoms with Crippen LogP contribution in [0.5, 0.6) is 5.75 Å². The van der Waals surface area contributed by atoms with Crippen LogP contribution in [0.25, 0.3) is 0 Å². The second-order valence-corrected chi connectivity index (χ2v) is 8.68. The van der Waals surface area contributed by atoms with E-state index >= 15 is 0 Å². The summed E-state index contributed by atoms with van der Waals surface area (Å²) >= 11 is 12.1. The molecule has 0 aliphatic rings. The highest BCUT2D eigenvalue weighted by Crippen LogP contribution is 2.24. The number of methoxy groups -OCH3 is 1. The van der Waals surface area contributed by atoms with Gasteiger partial charge in [0.1, 0.15) is 11.8 Å². The fourth-order valence-electron chi connectivity index (χ4n) is 3.24. The van der Waals surface area contributed by atoms with E-state index in [2.05, 4.69) is 5.32 Å². The van der Waals surface area contributed by atoms with Gasteiger partial charge in [-0.15, -0.1) is 0 Å². The van der Waals surface area contributed by atoms with Crippen molar-refractivity contribution in [3.05, 3.63) is 63.6 Å². The number of amides is 2. The van der Waals surface area contributed by atoms with Crippen LogP contribution < -0.4 is 10.1 Å². The number of nitrogens with zero attached hydrogens (tertiary/aromatic N) is 1. The Bertz CT molecular complexity index is 902. The first kappa shape index (κ1) is 25.0. The summed E-state index contributed by atoms with van der Waals surface area (Å²) in [5.41, 5.74) is 1.63. The maximum absolute atomic E-state index is 13.3. The van der Waals surface area contributed by atoms with Crippen LogP contribution in [0.3, 0.4) is 0 Å². The van der Waals surface area contributed by atoms with Crippen LogP contribution in [0.4, 0.5) is 0 Å². The lowest BCUT2D eigenvalue weighted by Crippen LogP contribution is -2.50. The van der Waals surface area contributed by atoms with E-state index in [-0.39, 0.29) is 18.2 Å². The van der Waals surface area contributed by atoms with Crippen LogP contribution in [-0.2, 0) is 22.6 Å². The standard InChI is InChI=1S/C24H30Cl2N2O3/c1-5-22(24(30)27-14-16(2)3)28(15-18-7-6-8-19(11-18)31-4)23(29)13-17-9-10-20(25)21(26)12-17/h6-12,16,22H,5,13-15H2,1-4H3,(H,27,30)/t22-/m1/s1. The van der Waals surface area contributed by atoms with Gasteiger partial charge in [0.25, 0.3) is 0 Å². The number of halogens is 2. The summed E-state index contributed by atoms with van der Waals surface area (Å²) in [6.45, 7) is 6.83. The summed E-state index contributed by atoms with van der Waals surface area (Å²) in [7, 11) is 1.60. The number of nitrogens with one attached hydrogen (secondary N) is 1. The van der Waals surface area contributed by atoms with Crippen LogP contribution in [0, 0.1) is 5.92 Å². The molecular formula is C24H30Cl2N2O3. The number of carbonyl (C=O) groups is 2. The number of hydrogen-bond donors (Lipinski definition) is 1. The van der Waals surface area contributed by atoms with Gasteiger partial charge in [0, 0.05) is 13.1 Å². The molecule has 5 nitrogen and oxygen atoms in total. The molecular weight excluding hydrogens is 435 g/mol. The highest BCUT2D eigenvalue weighted by molar-refractivity contribution is 6.42. The second kappa shape index (κ2) is 12.0. The van der Waals surface area contributed by atoms with Crippen LogP contribution in [0.1, 0.15) is 38.3 Å². The zero-order valence-corrected chi connectivity index (χ0v) is 20.0. The molecule has 7 heteroatoms. The fourth-order valence-corrected chi connectivity index (χ4v) is 3.56. The molecule has 0 radical (unpaired) electrons. The molecule has 1 N–H and O–H groups in total. The minimum absolute atomic E-state index is 0.120. The van der Waals surface area contributed by atoms with E-state index in [4.69, 9.17) is 27.9 Å². The maximum Gasteiger partial charge on any atom is 0.242 e. The van der Waals surface area contributed by atoms with Gasteiger partial charge >= 0.3 is 0 Å². The minimum Gasteiger partial charge on any atom is -0.497 e. The Morgan fingerprint density at radius 3 is 2.42 bits per heavy atom. The Morgan fingerprint density at radius 2 is 1.81 bits per heavy atom. The number of hydrogen-bond acceptors (Lipinski definition) is 3. The van der Waals surface area contributed by atoms with E-state index in [1.165, 1.54) is 0 Å². The summed E-state index contributed by atoms with van der Waals surface area (Å²) in [5.74, 6) is 0.709. The highest BCUT2D eigenvalue weighted by atomic mass is 35.5. The maximum atomic E-state index is 13.3. The van der Waals surface area contributed by atoms with Crippen LogP contribution in [-0.4, -0.2) is 36.4 Å². The lowest BCUT2D eigenvalue weighted by Gasteiger charge is -2.31. The Morgan fingerprint density at radius 1 is 1.06 bits per heavy atom. The Labute approximate surface area is 194 Å². The van der Waals surface area contributed by atoms with E-state index in [0.29, 0.717) is 41.2 Å². The van der Waals surface area contributed by atoms with Crippen molar-refractivity contribution in [2.75, 3.05) is 13.7 Å². The van der Waals surface area contributed by atoms with Crippen molar-refractivity contribution in [3.8, 4) is 5.75 Å². The van der Waals surface area contributed by atoms with Gasteiger partial charge in [-0.2, -0.15) is 0 Å². The molecule has 0 bridgehead atoms. The van der Waals surface area contributed by atoms with E-state index in [0.717, 1.165) is 11.1 Å². The summed E-state index contributed by atoms with van der Waals surface area (Å²) in [5, 5.41) is 3.79. The van der Waals surface area contributed by atoms with Crippen molar-refractivity contribution in [1.82, 2.24) is 10.2 Å². The van der Waals surface area contributed by atoms with Crippen molar-refractivity contribution in [3.63, 3.8) is 0 Å². The van der Waals surface area contributed by atoms with Gasteiger partial charge in [0.15, 0.2) is 0 Å². The smallest absolute Gasteiger partial charge is 0.242 e. The third-order valence-electron chi connectivity index (χ3n) is 4.90. The van der Waals surface area contributed by atoms with Crippen molar-refractivity contribution in [2.45, 2.75) is 46.2 Å². The van der Waals surface area contributed by atoms with Crippen molar-refractivity contribution in [1.29, 1.82) is 0 Å². The topological polar surface area (TPSA) is 58.6 Å². The van der Waals surface area contributed by atoms with E-state index in [9.17, 15) is 9.59 Å². The normalized spacial score (nSPS) is 11.8. The molecule has 0 heterocycles. The van der Waals surface area contributed by atoms with Gasteiger partial charge in [0.05, 0.1) is 23.6 Å². The fraction of sp³-hybridized carbons (Fsp3) is 0.417. The molecule has 0 aromatic heterocycles. The first-order valence-electron chi connectivity index (χ1n) is 10.4. The molecule has 2 amide bonds. The Kier molecular flexibility index (Phi) is 9.66. The van der Waals surface area contributed by atoms with Gasteiger partial charge in [-0.05, 0) is 47.7 Å². The summed E-state index contributed by atoms with van der Waals surface area (Å²) in [6, 6.07) is 12.1. The zero-order valence-electron chi connectivity index (χ0n) is 18.5. The molecule has 2 aromatic rings. The average Bonchev–Trinajstić information content (AvgIpc) is 2.74. The van der Waals surface area contributed by atoms with E-state index < -0.39 is 6.04 Å². The molecule has 168 valence electrons. The van der Waals surface area contributed by atoms with Crippen LogP contribution in [0.2, 0.25) is 10.0 Å². The lowest BCUT2D eigenvalue weighted by molar-refractivity contribution is -0.141. The molecule has 2 rings (SSSR count). The largest absolute Gasteiger partial charge is 0.497 e. The van der Waals surface area contributed by atoms with Crippen molar-refractivity contribution >= 4 is 35.0 Å².